The molecule has 4 aliphatic carbocycles. The zero-order valence-electron chi connectivity index (χ0n) is 25.0. The molecule has 9 nitrogen and oxygen atoms in total. The van der Waals surface area contributed by atoms with E-state index >= 15 is 0 Å². The van der Waals surface area contributed by atoms with E-state index in [4.69, 9.17) is 5.73 Å². The zero-order chi connectivity index (χ0) is 29.5. The van der Waals surface area contributed by atoms with Gasteiger partial charge in [-0.2, -0.15) is 11.8 Å². The number of thioether (sulfide) groups is 1. The normalized spacial score (nSPS) is 26.0. The van der Waals surface area contributed by atoms with Gasteiger partial charge >= 0.3 is 0 Å². The SMILES string of the molecule is CSCC[C@@H](NC(=O)[C@@H](N)C(C)C)C(=O)NCC(=O)N[C@@H](Cc1ccccc1)C(=O)NC1C2CC3CC(C2)CC1C3.Cl. The van der Waals surface area contributed by atoms with E-state index in [2.05, 4.69) is 21.3 Å². The van der Waals surface area contributed by atoms with Crippen LogP contribution in [0.1, 0.15) is 57.9 Å². The van der Waals surface area contributed by atoms with Gasteiger partial charge in [-0.25, -0.2) is 0 Å². The van der Waals surface area contributed by atoms with Crippen molar-refractivity contribution in [2.24, 2.45) is 35.3 Å². The molecule has 4 fully saturated rings. The first-order chi connectivity index (χ1) is 19.6. The third kappa shape index (κ3) is 9.10. The maximum atomic E-state index is 13.6. The highest BCUT2D eigenvalue weighted by Crippen LogP contribution is 2.53. The molecular weight excluding hydrogens is 574 g/mol. The quantitative estimate of drug-likeness (QED) is 0.216. The number of carbonyl (C=O) groups excluding carboxylic acids is 4. The molecule has 0 aliphatic heterocycles. The Bertz CT molecular complexity index is 1050. The van der Waals surface area contributed by atoms with Crippen LogP contribution in [0.15, 0.2) is 30.3 Å². The van der Waals surface area contributed by atoms with Gasteiger partial charge in [-0.3, -0.25) is 19.2 Å². The molecule has 4 bridgehead atoms. The van der Waals surface area contributed by atoms with Crippen molar-refractivity contribution in [3.63, 3.8) is 0 Å². The fourth-order valence-corrected chi connectivity index (χ4v) is 7.57. The Morgan fingerprint density at radius 2 is 1.50 bits per heavy atom. The Balaban J connectivity index is 0.00000484. The van der Waals surface area contributed by atoms with Crippen molar-refractivity contribution >= 4 is 47.8 Å². The molecule has 42 heavy (non-hydrogen) atoms. The molecule has 0 radical (unpaired) electrons. The molecule has 4 amide bonds. The summed E-state index contributed by atoms with van der Waals surface area (Å²) in [5.41, 5.74) is 6.91. The fourth-order valence-electron chi connectivity index (χ4n) is 7.10. The number of hydrogen-bond donors (Lipinski definition) is 5. The van der Waals surface area contributed by atoms with E-state index in [1.807, 2.05) is 50.4 Å². The number of carbonyl (C=O) groups is 4. The minimum absolute atomic E-state index is 0. The Kier molecular flexibility index (Phi) is 13.0. The van der Waals surface area contributed by atoms with E-state index in [0.717, 1.165) is 17.4 Å². The van der Waals surface area contributed by atoms with Crippen LogP contribution in [0, 0.1) is 29.6 Å². The molecular formula is C31H48ClN5O4S. The number of nitrogens with one attached hydrogen (secondary N) is 4. The first-order valence-corrected chi connectivity index (χ1v) is 16.5. The maximum Gasteiger partial charge on any atom is 0.243 e. The second kappa shape index (κ2) is 16.0. The van der Waals surface area contributed by atoms with Crippen molar-refractivity contribution in [2.75, 3.05) is 18.6 Å². The van der Waals surface area contributed by atoms with E-state index in [1.165, 1.54) is 32.1 Å². The lowest BCUT2D eigenvalue weighted by Crippen LogP contribution is -2.60. The first kappa shape index (κ1) is 34.2. The molecule has 0 spiro atoms. The summed E-state index contributed by atoms with van der Waals surface area (Å²) < 4.78 is 0. The Morgan fingerprint density at radius 3 is 2.07 bits per heavy atom. The van der Waals surface area contributed by atoms with E-state index in [0.29, 0.717) is 30.4 Å². The van der Waals surface area contributed by atoms with Gasteiger partial charge in [0.15, 0.2) is 0 Å². The van der Waals surface area contributed by atoms with E-state index in [9.17, 15) is 19.2 Å². The Hall–Kier alpha value is -2.30. The average Bonchev–Trinajstić information content (AvgIpc) is 2.94. The standard InChI is InChI=1S/C31H47N5O4S.ClH/c1-18(2)27(32)31(40)35-24(9-10-41-3)29(38)33-17-26(37)34-25(16-19-7-5-4-6-8-19)30(39)36-28-22-12-20-11-21(14-22)15-23(28)13-20;/h4-8,18,20-25,27-28H,9-17,32H2,1-3H3,(H,33,38)(H,34,37)(H,35,40)(H,36,39);1H/t20?,21?,22?,23?,24-,25+,27+,28?;/m1./s1. The third-order valence-corrected chi connectivity index (χ3v) is 9.80. The average molecular weight is 622 g/mol. The molecule has 234 valence electrons. The molecule has 6 N–H and O–H groups in total. The second-order valence-electron chi connectivity index (χ2n) is 12.6. The topological polar surface area (TPSA) is 142 Å². The second-order valence-corrected chi connectivity index (χ2v) is 13.6. The zero-order valence-corrected chi connectivity index (χ0v) is 26.6. The van der Waals surface area contributed by atoms with Crippen LogP contribution in [0.5, 0.6) is 0 Å². The lowest BCUT2D eigenvalue weighted by Gasteiger charge is -2.54. The smallest absolute Gasteiger partial charge is 0.243 e. The van der Waals surface area contributed by atoms with Gasteiger partial charge in [0.05, 0.1) is 12.6 Å². The van der Waals surface area contributed by atoms with Crippen molar-refractivity contribution < 1.29 is 19.2 Å². The molecule has 11 heteroatoms. The summed E-state index contributed by atoms with van der Waals surface area (Å²) in [6.45, 7) is 3.39. The number of nitrogens with two attached hydrogens (primary N) is 1. The van der Waals surface area contributed by atoms with Crippen LogP contribution in [-0.2, 0) is 25.6 Å². The number of benzene rings is 1. The predicted octanol–water partition coefficient (Wildman–Crippen LogP) is 2.41. The minimum atomic E-state index is -0.798. The molecule has 1 aromatic carbocycles. The van der Waals surface area contributed by atoms with Crippen molar-refractivity contribution in [3.8, 4) is 0 Å². The molecule has 0 heterocycles. The monoisotopic (exact) mass is 621 g/mol. The van der Waals surface area contributed by atoms with Crippen LogP contribution in [0.3, 0.4) is 0 Å². The lowest BCUT2D eigenvalue weighted by atomic mass is 9.54. The van der Waals surface area contributed by atoms with E-state index in [1.54, 1.807) is 11.8 Å². The molecule has 1 aromatic rings. The van der Waals surface area contributed by atoms with Crippen molar-refractivity contribution in [3.05, 3.63) is 35.9 Å². The summed E-state index contributed by atoms with van der Waals surface area (Å²) in [4.78, 5) is 52.1. The van der Waals surface area contributed by atoms with Gasteiger partial charge in [0.1, 0.15) is 12.1 Å². The van der Waals surface area contributed by atoms with Gasteiger partial charge in [-0.05, 0) is 85.7 Å². The fraction of sp³-hybridized carbons (Fsp3) is 0.677. The molecule has 3 atom stereocenters. The van der Waals surface area contributed by atoms with Gasteiger partial charge in [0.2, 0.25) is 23.6 Å². The molecule has 0 aromatic heterocycles. The van der Waals surface area contributed by atoms with Crippen molar-refractivity contribution in [1.82, 2.24) is 21.3 Å². The number of rotatable bonds is 14. The summed E-state index contributed by atoms with van der Waals surface area (Å²) in [5.74, 6) is 1.79. The van der Waals surface area contributed by atoms with Crippen LogP contribution in [0.25, 0.3) is 0 Å². The van der Waals surface area contributed by atoms with Gasteiger partial charge in [-0.1, -0.05) is 44.2 Å². The van der Waals surface area contributed by atoms with Gasteiger partial charge < -0.3 is 27.0 Å². The number of amides is 4. The largest absolute Gasteiger partial charge is 0.351 e. The van der Waals surface area contributed by atoms with Gasteiger partial charge in [-0.15, -0.1) is 12.4 Å². The van der Waals surface area contributed by atoms with Gasteiger partial charge in [0, 0.05) is 12.5 Å². The lowest BCUT2D eigenvalue weighted by molar-refractivity contribution is -0.133. The summed E-state index contributed by atoms with van der Waals surface area (Å²) in [6.07, 6.45) is 8.80. The number of hydrogen-bond acceptors (Lipinski definition) is 6. The molecule has 5 rings (SSSR count). The maximum absolute atomic E-state index is 13.6. The van der Waals surface area contributed by atoms with Crippen LogP contribution in [0.4, 0.5) is 0 Å². The summed E-state index contributed by atoms with van der Waals surface area (Å²) in [7, 11) is 0. The van der Waals surface area contributed by atoms with Crippen molar-refractivity contribution in [2.45, 2.75) is 83.0 Å². The Labute approximate surface area is 260 Å². The van der Waals surface area contributed by atoms with Gasteiger partial charge in [0.25, 0.3) is 0 Å². The molecule has 0 unspecified atom stereocenters. The third-order valence-electron chi connectivity index (χ3n) is 9.16. The molecule has 4 saturated carbocycles. The minimum Gasteiger partial charge on any atom is -0.351 e. The van der Waals surface area contributed by atoms with Crippen molar-refractivity contribution in [1.29, 1.82) is 0 Å². The molecule has 4 aliphatic rings. The number of halogens is 1. The van der Waals surface area contributed by atoms with Crippen LogP contribution in [0.2, 0.25) is 0 Å². The summed E-state index contributed by atoms with van der Waals surface area (Å²) in [6, 6.07) is 7.52. The van der Waals surface area contributed by atoms with E-state index < -0.39 is 35.8 Å². The first-order valence-electron chi connectivity index (χ1n) is 15.1. The summed E-state index contributed by atoms with van der Waals surface area (Å²) >= 11 is 1.56. The highest BCUT2D eigenvalue weighted by molar-refractivity contribution is 7.98. The van der Waals surface area contributed by atoms with Crippen LogP contribution >= 0.6 is 24.2 Å². The molecule has 0 saturated heterocycles. The Morgan fingerprint density at radius 1 is 0.881 bits per heavy atom. The van der Waals surface area contributed by atoms with Crippen LogP contribution in [-0.4, -0.2) is 66.3 Å². The summed E-state index contributed by atoms with van der Waals surface area (Å²) in [5, 5.41) is 11.6. The van der Waals surface area contributed by atoms with E-state index in [-0.39, 0.29) is 36.8 Å². The highest BCUT2D eigenvalue weighted by atomic mass is 35.5. The predicted molar refractivity (Wildman–Crippen MR) is 169 cm³/mol. The highest BCUT2D eigenvalue weighted by Gasteiger charge is 2.49. The van der Waals surface area contributed by atoms with Crippen LogP contribution < -0.4 is 27.0 Å².